The van der Waals surface area contributed by atoms with Crippen LogP contribution in [0.4, 0.5) is 10.1 Å². The number of benzene rings is 2. The van der Waals surface area contributed by atoms with Gasteiger partial charge in [0, 0.05) is 21.8 Å². The predicted molar refractivity (Wildman–Crippen MR) is 71.0 cm³/mol. The van der Waals surface area contributed by atoms with Crippen LogP contribution >= 0.6 is 23.2 Å². The number of anilines is 1. The maximum atomic E-state index is 13.3. The second-order valence-corrected chi connectivity index (χ2v) is 4.66. The minimum absolute atomic E-state index is 0.328. The lowest BCUT2D eigenvalue weighted by molar-refractivity contribution is 0.619. The molecule has 2 rings (SSSR count). The molecule has 17 heavy (non-hydrogen) atoms. The summed E-state index contributed by atoms with van der Waals surface area (Å²) in [6.45, 7) is 1.68. The molecule has 0 radical (unpaired) electrons. The van der Waals surface area contributed by atoms with Crippen LogP contribution in [0.5, 0.6) is 0 Å². The zero-order valence-electron chi connectivity index (χ0n) is 9.10. The molecule has 0 aromatic heterocycles. The van der Waals surface area contributed by atoms with Gasteiger partial charge in [0.15, 0.2) is 0 Å². The van der Waals surface area contributed by atoms with E-state index in [1.54, 1.807) is 31.2 Å². The van der Waals surface area contributed by atoms with Crippen molar-refractivity contribution in [2.45, 2.75) is 6.92 Å². The summed E-state index contributed by atoms with van der Waals surface area (Å²) in [4.78, 5) is 0. The second kappa shape index (κ2) is 4.55. The normalized spacial score (nSPS) is 10.6. The lowest BCUT2D eigenvalue weighted by atomic mass is 10.0. The first-order chi connectivity index (χ1) is 7.99. The molecule has 0 spiro atoms. The van der Waals surface area contributed by atoms with Gasteiger partial charge in [-0.2, -0.15) is 0 Å². The van der Waals surface area contributed by atoms with Crippen LogP contribution in [0.3, 0.4) is 0 Å². The molecule has 0 aliphatic heterocycles. The lowest BCUT2D eigenvalue weighted by Crippen LogP contribution is -1.92. The molecule has 1 nitrogen and oxygen atoms in total. The summed E-state index contributed by atoms with van der Waals surface area (Å²) >= 11 is 11.8. The molecule has 0 saturated carbocycles. The Balaban J connectivity index is 2.64. The minimum Gasteiger partial charge on any atom is -0.398 e. The van der Waals surface area contributed by atoms with E-state index in [0.29, 0.717) is 26.9 Å². The summed E-state index contributed by atoms with van der Waals surface area (Å²) in [5, 5.41) is 0.892. The Labute approximate surface area is 109 Å². The average molecular weight is 270 g/mol. The Kier molecular flexibility index (Phi) is 3.27. The molecule has 0 atom stereocenters. The van der Waals surface area contributed by atoms with Gasteiger partial charge in [-0.25, -0.2) is 4.39 Å². The van der Waals surface area contributed by atoms with Gasteiger partial charge in [0.25, 0.3) is 0 Å². The highest BCUT2D eigenvalue weighted by atomic mass is 35.5. The number of nitrogens with two attached hydrogens (primary N) is 1. The van der Waals surface area contributed by atoms with Crippen LogP contribution in [-0.4, -0.2) is 0 Å². The first kappa shape index (κ1) is 12.2. The molecule has 0 amide bonds. The number of hydrogen-bond donors (Lipinski definition) is 1. The molecule has 88 valence electrons. The number of rotatable bonds is 1. The summed E-state index contributed by atoms with van der Waals surface area (Å²) < 4.78 is 13.3. The third-order valence-corrected chi connectivity index (χ3v) is 3.10. The summed E-state index contributed by atoms with van der Waals surface area (Å²) in [5.41, 5.74) is 8.38. The van der Waals surface area contributed by atoms with Crippen molar-refractivity contribution in [3.8, 4) is 11.1 Å². The average Bonchev–Trinajstić information content (AvgIpc) is 2.24. The Bertz CT molecular complexity index is 582. The van der Waals surface area contributed by atoms with Gasteiger partial charge in [0.05, 0.1) is 5.02 Å². The number of halogens is 3. The highest BCUT2D eigenvalue weighted by Gasteiger charge is 2.10. The molecule has 2 aromatic carbocycles. The van der Waals surface area contributed by atoms with Gasteiger partial charge in [-0.15, -0.1) is 0 Å². The van der Waals surface area contributed by atoms with Crippen LogP contribution in [0.2, 0.25) is 10.0 Å². The Morgan fingerprint density at radius 3 is 2.41 bits per heavy atom. The Morgan fingerprint density at radius 1 is 1.06 bits per heavy atom. The molecular weight excluding hydrogens is 260 g/mol. The van der Waals surface area contributed by atoms with Crippen LogP contribution < -0.4 is 5.73 Å². The van der Waals surface area contributed by atoms with Gasteiger partial charge in [-0.3, -0.25) is 0 Å². The Hall–Kier alpha value is -1.25. The van der Waals surface area contributed by atoms with Gasteiger partial charge >= 0.3 is 0 Å². The van der Waals surface area contributed by atoms with Crippen molar-refractivity contribution in [3.63, 3.8) is 0 Å². The summed E-state index contributed by atoms with van der Waals surface area (Å²) in [7, 11) is 0. The maximum Gasteiger partial charge on any atom is 0.127 e. The fourth-order valence-electron chi connectivity index (χ4n) is 1.64. The van der Waals surface area contributed by atoms with E-state index < -0.39 is 0 Å². The van der Waals surface area contributed by atoms with Crippen molar-refractivity contribution in [2.24, 2.45) is 0 Å². The predicted octanol–water partition coefficient (Wildman–Crippen LogP) is 4.69. The first-order valence-corrected chi connectivity index (χ1v) is 5.75. The fraction of sp³-hybridized carbons (Fsp3) is 0.0769. The molecule has 2 N–H and O–H groups in total. The third-order valence-electron chi connectivity index (χ3n) is 2.55. The summed E-state index contributed by atoms with van der Waals surface area (Å²) in [5.74, 6) is -0.328. The first-order valence-electron chi connectivity index (χ1n) is 5.00. The van der Waals surface area contributed by atoms with Crippen molar-refractivity contribution in [2.75, 3.05) is 5.73 Å². The van der Waals surface area contributed by atoms with Crippen LogP contribution in [0.15, 0.2) is 30.3 Å². The molecular formula is C13H10Cl2FN. The maximum absolute atomic E-state index is 13.3. The molecule has 0 bridgehead atoms. The van der Waals surface area contributed by atoms with Crippen LogP contribution in [-0.2, 0) is 0 Å². The van der Waals surface area contributed by atoms with Crippen molar-refractivity contribution >= 4 is 28.9 Å². The van der Waals surface area contributed by atoms with Gasteiger partial charge in [-0.1, -0.05) is 29.3 Å². The smallest absolute Gasteiger partial charge is 0.127 e. The fourth-order valence-corrected chi connectivity index (χ4v) is 2.08. The highest BCUT2D eigenvalue weighted by molar-refractivity contribution is 6.34. The molecule has 0 unspecified atom stereocenters. The molecule has 0 heterocycles. The van der Waals surface area contributed by atoms with Gasteiger partial charge < -0.3 is 5.73 Å². The largest absolute Gasteiger partial charge is 0.398 e. The highest BCUT2D eigenvalue weighted by Crippen LogP contribution is 2.34. The van der Waals surface area contributed by atoms with E-state index >= 15 is 0 Å². The van der Waals surface area contributed by atoms with Crippen molar-refractivity contribution in [3.05, 3.63) is 51.8 Å². The second-order valence-electron chi connectivity index (χ2n) is 3.81. The zero-order chi connectivity index (χ0) is 12.6. The minimum atomic E-state index is -0.328. The van der Waals surface area contributed by atoms with Crippen LogP contribution in [0.25, 0.3) is 11.1 Å². The van der Waals surface area contributed by atoms with E-state index in [4.69, 9.17) is 28.9 Å². The SMILES string of the molecule is Cc1cc(-c2ccc(Cl)cc2N)c(Cl)cc1F. The van der Waals surface area contributed by atoms with Crippen molar-refractivity contribution in [1.29, 1.82) is 0 Å². The van der Waals surface area contributed by atoms with E-state index in [1.807, 2.05) is 0 Å². The quantitative estimate of drug-likeness (QED) is 0.747. The van der Waals surface area contributed by atoms with Crippen LogP contribution in [0, 0.1) is 12.7 Å². The molecule has 4 heteroatoms. The van der Waals surface area contributed by atoms with E-state index in [-0.39, 0.29) is 5.82 Å². The van der Waals surface area contributed by atoms with Crippen molar-refractivity contribution in [1.82, 2.24) is 0 Å². The van der Waals surface area contributed by atoms with E-state index in [1.165, 1.54) is 6.07 Å². The summed E-state index contributed by atoms with van der Waals surface area (Å²) in [6.07, 6.45) is 0. The number of hydrogen-bond acceptors (Lipinski definition) is 1. The zero-order valence-corrected chi connectivity index (χ0v) is 10.6. The van der Waals surface area contributed by atoms with E-state index in [2.05, 4.69) is 0 Å². The monoisotopic (exact) mass is 269 g/mol. The van der Waals surface area contributed by atoms with Gasteiger partial charge in [0.2, 0.25) is 0 Å². The van der Waals surface area contributed by atoms with E-state index in [0.717, 1.165) is 5.56 Å². The Morgan fingerprint density at radius 2 is 1.76 bits per heavy atom. The molecule has 0 aliphatic carbocycles. The number of aryl methyl sites for hydroxylation is 1. The standard InChI is InChI=1S/C13H10Cl2FN/c1-7-4-10(11(15)6-12(7)16)9-3-2-8(14)5-13(9)17/h2-6H,17H2,1H3. The summed E-state index contributed by atoms with van der Waals surface area (Å²) in [6, 6.07) is 8.11. The molecule has 0 fully saturated rings. The topological polar surface area (TPSA) is 26.0 Å². The number of nitrogen functional groups attached to an aromatic ring is 1. The third kappa shape index (κ3) is 2.38. The molecule has 0 aliphatic rings. The lowest BCUT2D eigenvalue weighted by Gasteiger charge is -2.10. The van der Waals surface area contributed by atoms with Crippen LogP contribution in [0.1, 0.15) is 5.56 Å². The molecule has 2 aromatic rings. The van der Waals surface area contributed by atoms with Gasteiger partial charge in [0.1, 0.15) is 5.82 Å². The van der Waals surface area contributed by atoms with Crippen molar-refractivity contribution < 1.29 is 4.39 Å². The van der Waals surface area contributed by atoms with Gasteiger partial charge in [-0.05, 0) is 36.8 Å². The van der Waals surface area contributed by atoms with E-state index in [9.17, 15) is 4.39 Å². The molecule has 0 saturated heterocycles.